The van der Waals surface area contributed by atoms with Crippen molar-refractivity contribution in [3.63, 3.8) is 0 Å². The second-order valence-corrected chi connectivity index (χ2v) is 4.63. The Balaban J connectivity index is 2.63. The van der Waals surface area contributed by atoms with Crippen LogP contribution >= 0.6 is 0 Å². The molecule has 1 rings (SSSR count). The van der Waals surface area contributed by atoms with E-state index in [0.717, 1.165) is 6.42 Å². The summed E-state index contributed by atoms with van der Waals surface area (Å²) < 4.78 is 4.83. The number of methoxy groups -OCH3 is 1. The molecule has 3 unspecified atom stereocenters. The third-order valence-corrected chi connectivity index (χ3v) is 3.36. The number of hydrogen-bond acceptors (Lipinski definition) is 3. The predicted molar refractivity (Wildman–Crippen MR) is 73.3 cm³/mol. The first-order chi connectivity index (χ1) is 8.60. The van der Waals surface area contributed by atoms with Crippen LogP contribution in [0.15, 0.2) is 30.3 Å². The van der Waals surface area contributed by atoms with Crippen LogP contribution in [-0.2, 0) is 9.53 Å². The van der Waals surface area contributed by atoms with Crippen LogP contribution in [0.25, 0.3) is 0 Å². The van der Waals surface area contributed by atoms with Crippen LogP contribution in [0.2, 0.25) is 0 Å². The molecule has 18 heavy (non-hydrogen) atoms. The van der Waals surface area contributed by atoms with Crippen molar-refractivity contribution in [2.75, 3.05) is 7.11 Å². The number of hydrogen-bond donors (Lipinski definition) is 1. The fourth-order valence-electron chi connectivity index (χ4n) is 2.22. The Bertz CT molecular complexity index is 364. The molecule has 100 valence electrons. The summed E-state index contributed by atoms with van der Waals surface area (Å²) in [6.07, 6.45) is 0.780. The fourth-order valence-corrected chi connectivity index (χ4v) is 2.22. The fraction of sp³-hybridized carbons (Fsp3) is 0.533. The summed E-state index contributed by atoms with van der Waals surface area (Å²) in [5.41, 5.74) is 1.23. The van der Waals surface area contributed by atoms with Crippen LogP contribution in [0.3, 0.4) is 0 Å². The molecule has 0 bridgehead atoms. The first kappa shape index (κ1) is 14.7. The van der Waals surface area contributed by atoms with Crippen molar-refractivity contribution in [3.8, 4) is 0 Å². The number of rotatable bonds is 6. The maximum atomic E-state index is 11.6. The summed E-state index contributed by atoms with van der Waals surface area (Å²) in [5, 5.41) is 3.46. The lowest BCUT2D eigenvalue weighted by molar-refractivity contribution is -0.146. The molecule has 0 amide bonds. The zero-order valence-electron chi connectivity index (χ0n) is 11.6. The van der Waals surface area contributed by atoms with E-state index in [9.17, 15) is 4.79 Å². The second kappa shape index (κ2) is 7.17. The van der Waals surface area contributed by atoms with Gasteiger partial charge in [-0.25, -0.2) is 0 Å². The molecule has 0 spiro atoms. The van der Waals surface area contributed by atoms with E-state index < -0.39 is 0 Å². The number of ether oxygens (including phenoxy) is 1. The Morgan fingerprint density at radius 2 is 1.89 bits per heavy atom. The molecule has 0 saturated carbocycles. The van der Waals surface area contributed by atoms with Crippen molar-refractivity contribution < 1.29 is 9.53 Å². The lowest BCUT2D eigenvalue weighted by atomic mass is 9.96. The van der Waals surface area contributed by atoms with Gasteiger partial charge in [-0.15, -0.1) is 0 Å². The molecule has 1 aromatic carbocycles. The van der Waals surface area contributed by atoms with E-state index in [2.05, 4.69) is 24.4 Å². The van der Waals surface area contributed by atoms with E-state index in [1.54, 1.807) is 0 Å². The van der Waals surface area contributed by atoms with E-state index in [1.165, 1.54) is 12.7 Å². The summed E-state index contributed by atoms with van der Waals surface area (Å²) >= 11 is 0. The Hall–Kier alpha value is -1.35. The van der Waals surface area contributed by atoms with Gasteiger partial charge in [-0.05, 0) is 25.8 Å². The Kier molecular flexibility index (Phi) is 5.86. The topological polar surface area (TPSA) is 38.3 Å². The summed E-state index contributed by atoms with van der Waals surface area (Å²) in [6, 6.07) is 10.5. The molecular weight excluding hydrogens is 226 g/mol. The highest BCUT2D eigenvalue weighted by Crippen LogP contribution is 2.17. The molecule has 0 heterocycles. The molecule has 0 aromatic heterocycles. The van der Waals surface area contributed by atoms with Crippen molar-refractivity contribution in [1.29, 1.82) is 0 Å². The van der Waals surface area contributed by atoms with E-state index in [1.807, 2.05) is 32.0 Å². The molecule has 3 nitrogen and oxygen atoms in total. The standard InChI is InChI=1S/C15H23NO2/c1-5-14(15(17)18-4)12(3)16-11(2)13-9-7-6-8-10-13/h6-12,14,16H,5H2,1-4H3. The SMILES string of the molecule is CCC(C(=O)OC)C(C)NC(C)c1ccccc1. The van der Waals surface area contributed by atoms with Gasteiger partial charge in [0.1, 0.15) is 0 Å². The number of carbonyl (C=O) groups excluding carboxylic acids is 1. The molecule has 3 heteroatoms. The second-order valence-electron chi connectivity index (χ2n) is 4.63. The van der Waals surface area contributed by atoms with Crippen LogP contribution in [0.4, 0.5) is 0 Å². The molecular formula is C15H23NO2. The molecule has 1 N–H and O–H groups in total. The van der Waals surface area contributed by atoms with Crippen molar-refractivity contribution in [2.45, 2.75) is 39.3 Å². The molecule has 0 aliphatic heterocycles. The number of benzene rings is 1. The van der Waals surface area contributed by atoms with Crippen LogP contribution in [-0.4, -0.2) is 19.1 Å². The van der Waals surface area contributed by atoms with Gasteiger partial charge in [-0.1, -0.05) is 37.3 Å². The van der Waals surface area contributed by atoms with Gasteiger partial charge in [0, 0.05) is 12.1 Å². The summed E-state index contributed by atoms with van der Waals surface area (Å²) in [5.74, 6) is -0.237. The monoisotopic (exact) mass is 249 g/mol. The van der Waals surface area contributed by atoms with Gasteiger partial charge in [0.25, 0.3) is 0 Å². The Morgan fingerprint density at radius 1 is 1.28 bits per heavy atom. The van der Waals surface area contributed by atoms with Gasteiger partial charge in [0.15, 0.2) is 0 Å². The van der Waals surface area contributed by atoms with E-state index in [-0.39, 0.29) is 24.0 Å². The van der Waals surface area contributed by atoms with E-state index >= 15 is 0 Å². The zero-order valence-corrected chi connectivity index (χ0v) is 11.6. The third-order valence-electron chi connectivity index (χ3n) is 3.36. The van der Waals surface area contributed by atoms with E-state index in [4.69, 9.17) is 4.74 Å². The minimum Gasteiger partial charge on any atom is -0.469 e. The highest BCUT2D eigenvalue weighted by molar-refractivity contribution is 5.73. The highest BCUT2D eigenvalue weighted by Gasteiger charge is 2.25. The molecule has 0 saturated heterocycles. The predicted octanol–water partition coefficient (Wildman–Crippen LogP) is 2.92. The zero-order chi connectivity index (χ0) is 13.5. The van der Waals surface area contributed by atoms with Crippen LogP contribution < -0.4 is 5.32 Å². The van der Waals surface area contributed by atoms with Crippen LogP contribution in [0.5, 0.6) is 0 Å². The normalized spacial score (nSPS) is 15.8. The average molecular weight is 249 g/mol. The summed E-state index contributed by atoms with van der Waals surface area (Å²) in [7, 11) is 1.44. The first-order valence-corrected chi connectivity index (χ1v) is 6.49. The molecule has 1 aromatic rings. The molecule has 3 atom stereocenters. The smallest absolute Gasteiger partial charge is 0.310 e. The third kappa shape index (κ3) is 3.84. The minimum absolute atomic E-state index is 0.0951. The van der Waals surface area contributed by atoms with Crippen molar-refractivity contribution in [3.05, 3.63) is 35.9 Å². The summed E-state index contributed by atoms with van der Waals surface area (Å²) in [6.45, 7) is 6.15. The minimum atomic E-state index is -0.141. The Labute approximate surface area is 110 Å². The van der Waals surface area contributed by atoms with Crippen molar-refractivity contribution in [1.82, 2.24) is 5.32 Å². The average Bonchev–Trinajstić information content (AvgIpc) is 2.40. The Morgan fingerprint density at radius 3 is 2.39 bits per heavy atom. The molecule has 0 radical (unpaired) electrons. The largest absolute Gasteiger partial charge is 0.469 e. The number of nitrogens with one attached hydrogen (secondary N) is 1. The quantitative estimate of drug-likeness (QED) is 0.788. The van der Waals surface area contributed by atoms with Crippen molar-refractivity contribution >= 4 is 5.97 Å². The molecule has 0 aliphatic carbocycles. The van der Waals surface area contributed by atoms with E-state index in [0.29, 0.717) is 0 Å². The maximum absolute atomic E-state index is 11.6. The summed E-state index contributed by atoms with van der Waals surface area (Å²) in [4.78, 5) is 11.6. The lowest BCUT2D eigenvalue weighted by Gasteiger charge is -2.25. The number of carbonyl (C=O) groups is 1. The highest BCUT2D eigenvalue weighted by atomic mass is 16.5. The van der Waals surface area contributed by atoms with Crippen LogP contribution in [0, 0.1) is 5.92 Å². The first-order valence-electron chi connectivity index (χ1n) is 6.49. The molecule has 0 aliphatic rings. The van der Waals surface area contributed by atoms with Crippen molar-refractivity contribution in [2.24, 2.45) is 5.92 Å². The maximum Gasteiger partial charge on any atom is 0.310 e. The van der Waals surface area contributed by atoms with Gasteiger partial charge in [0.2, 0.25) is 0 Å². The van der Waals surface area contributed by atoms with Gasteiger partial charge >= 0.3 is 5.97 Å². The van der Waals surface area contributed by atoms with Gasteiger partial charge in [0.05, 0.1) is 13.0 Å². The lowest BCUT2D eigenvalue weighted by Crippen LogP contribution is -2.39. The molecule has 0 fully saturated rings. The van der Waals surface area contributed by atoms with Crippen LogP contribution in [0.1, 0.15) is 38.8 Å². The van der Waals surface area contributed by atoms with Gasteiger partial charge in [-0.2, -0.15) is 0 Å². The number of esters is 1. The van der Waals surface area contributed by atoms with Gasteiger partial charge in [-0.3, -0.25) is 4.79 Å². The van der Waals surface area contributed by atoms with Gasteiger partial charge < -0.3 is 10.1 Å².